The molecule has 1 aromatic heterocycles. The minimum Gasteiger partial charge on any atom is -0.381 e. The maximum Gasteiger partial charge on any atom is 0.191 e. The second-order valence-electron chi connectivity index (χ2n) is 6.00. The minimum absolute atomic E-state index is 0. The van der Waals surface area contributed by atoms with Gasteiger partial charge in [-0.2, -0.15) is 0 Å². The van der Waals surface area contributed by atoms with E-state index in [0.29, 0.717) is 5.92 Å². The van der Waals surface area contributed by atoms with E-state index in [-0.39, 0.29) is 24.0 Å². The summed E-state index contributed by atoms with van der Waals surface area (Å²) < 4.78 is 11.1. The lowest BCUT2D eigenvalue weighted by Gasteiger charge is -2.21. The molecule has 0 radical (unpaired) electrons. The third kappa shape index (κ3) is 10.4. The fraction of sp³-hybridized carbons (Fsp3) is 0.722. The van der Waals surface area contributed by atoms with Gasteiger partial charge < -0.3 is 20.1 Å². The quantitative estimate of drug-likeness (QED) is 0.233. The average Bonchev–Trinajstić information content (AvgIpc) is 3.12. The van der Waals surface area contributed by atoms with Gasteiger partial charge in [-0.25, -0.2) is 0 Å². The summed E-state index contributed by atoms with van der Waals surface area (Å²) in [4.78, 5) is 6.02. The molecule has 0 unspecified atom stereocenters. The van der Waals surface area contributed by atoms with Crippen LogP contribution in [0.5, 0.6) is 0 Å². The first-order valence-corrected chi connectivity index (χ1v) is 9.96. The largest absolute Gasteiger partial charge is 0.381 e. The zero-order chi connectivity index (χ0) is 16.9. The van der Waals surface area contributed by atoms with E-state index >= 15 is 0 Å². The van der Waals surface area contributed by atoms with E-state index in [4.69, 9.17) is 9.47 Å². The predicted octanol–water partition coefficient (Wildman–Crippen LogP) is 3.30. The van der Waals surface area contributed by atoms with Crippen molar-refractivity contribution in [3.8, 4) is 0 Å². The van der Waals surface area contributed by atoms with Crippen LogP contribution in [0.2, 0.25) is 0 Å². The summed E-state index contributed by atoms with van der Waals surface area (Å²) in [5.74, 6) is 1.58. The Labute approximate surface area is 173 Å². The van der Waals surface area contributed by atoms with E-state index in [1.165, 1.54) is 4.88 Å². The van der Waals surface area contributed by atoms with Gasteiger partial charge in [0.05, 0.1) is 0 Å². The van der Waals surface area contributed by atoms with Gasteiger partial charge in [-0.3, -0.25) is 4.99 Å². The molecule has 1 saturated heterocycles. The van der Waals surface area contributed by atoms with Crippen molar-refractivity contribution in [3.63, 3.8) is 0 Å². The molecule has 0 spiro atoms. The maximum absolute atomic E-state index is 5.78. The molecule has 0 aromatic carbocycles. The van der Waals surface area contributed by atoms with Crippen molar-refractivity contribution >= 4 is 41.3 Å². The van der Waals surface area contributed by atoms with Crippen LogP contribution in [-0.4, -0.2) is 52.0 Å². The molecule has 0 amide bonds. The highest BCUT2D eigenvalue weighted by atomic mass is 127. The Morgan fingerprint density at radius 2 is 2.20 bits per heavy atom. The number of ether oxygens (including phenoxy) is 2. The summed E-state index contributed by atoms with van der Waals surface area (Å²) in [7, 11) is 0. The summed E-state index contributed by atoms with van der Waals surface area (Å²) in [6.07, 6.45) is 4.27. The van der Waals surface area contributed by atoms with Crippen LogP contribution in [0.1, 0.15) is 31.1 Å². The molecule has 0 bridgehead atoms. The van der Waals surface area contributed by atoms with Crippen LogP contribution in [0.3, 0.4) is 0 Å². The van der Waals surface area contributed by atoms with Crippen molar-refractivity contribution in [1.29, 1.82) is 0 Å². The van der Waals surface area contributed by atoms with Crippen molar-refractivity contribution in [2.24, 2.45) is 10.9 Å². The Kier molecular flexibility index (Phi) is 13.4. The monoisotopic (exact) mass is 481 g/mol. The molecule has 7 heteroatoms. The van der Waals surface area contributed by atoms with Gasteiger partial charge >= 0.3 is 0 Å². The highest BCUT2D eigenvalue weighted by Gasteiger charge is 2.13. The summed E-state index contributed by atoms with van der Waals surface area (Å²) in [5, 5.41) is 8.81. The molecule has 1 aliphatic rings. The molecule has 25 heavy (non-hydrogen) atoms. The summed E-state index contributed by atoms with van der Waals surface area (Å²) >= 11 is 1.80. The lowest BCUT2D eigenvalue weighted by atomic mass is 10.0. The number of aliphatic imine (C=N–C) groups is 1. The second-order valence-corrected chi connectivity index (χ2v) is 7.03. The standard InChI is InChI=1S/C18H31N3O2S.HI/c1-2-19-18(21-10-6-17-5-3-14-24-17)20-9-4-11-23-15-16-7-12-22-13-8-16;/h3,5,14,16H,2,4,6-13,15H2,1H3,(H2,19,20,21);1H. The molecular weight excluding hydrogens is 449 g/mol. The van der Waals surface area contributed by atoms with Crippen molar-refractivity contribution < 1.29 is 9.47 Å². The van der Waals surface area contributed by atoms with Gasteiger partial charge in [0.15, 0.2) is 5.96 Å². The molecule has 5 nitrogen and oxygen atoms in total. The fourth-order valence-electron chi connectivity index (χ4n) is 2.62. The van der Waals surface area contributed by atoms with Gasteiger partial charge in [-0.1, -0.05) is 6.07 Å². The Balaban J connectivity index is 0.00000312. The Morgan fingerprint density at radius 1 is 1.36 bits per heavy atom. The predicted molar refractivity (Wildman–Crippen MR) is 116 cm³/mol. The zero-order valence-electron chi connectivity index (χ0n) is 15.2. The van der Waals surface area contributed by atoms with E-state index < -0.39 is 0 Å². The van der Waals surface area contributed by atoms with Crippen LogP contribution in [0.15, 0.2) is 22.5 Å². The summed E-state index contributed by atoms with van der Waals surface area (Å²) in [5.41, 5.74) is 0. The fourth-order valence-corrected chi connectivity index (χ4v) is 3.33. The number of halogens is 1. The van der Waals surface area contributed by atoms with Gasteiger partial charge in [0.1, 0.15) is 0 Å². The Bertz CT molecular complexity index is 451. The van der Waals surface area contributed by atoms with Crippen LogP contribution in [0, 0.1) is 5.92 Å². The first kappa shape index (κ1) is 22.7. The Morgan fingerprint density at radius 3 is 2.92 bits per heavy atom. The lowest BCUT2D eigenvalue weighted by molar-refractivity contribution is 0.0205. The maximum atomic E-state index is 5.78. The second kappa shape index (κ2) is 14.8. The molecule has 0 atom stereocenters. The van der Waals surface area contributed by atoms with Crippen molar-refractivity contribution in [3.05, 3.63) is 22.4 Å². The highest BCUT2D eigenvalue weighted by Crippen LogP contribution is 2.14. The van der Waals surface area contributed by atoms with Gasteiger partial charge in [0.25, 0.3) is 0 Å². The van der Waals surface area contributed by atoms with E-state index in [0.717, 1.165) is 77.7 Å². The Hall–Kier alpha value is -0.380. The third-order valence-electron chi connectivity index (χ3n) is 4.00. The zero-order valence-corrected chi connectivity index (χ0v) is 18.3. The van der Waals surface area contributed by atoms with Gasteiger partial charge in [-0.15, -0.1) is 35.3 Å². The molecule has 0 aliphatic carbocycles. The van der Waals surface area contributed by atoms with Crippen LogP contribution >= 0.6 is 35.3 Å². The molecule has 2 N–H and O–H groups in total. The molecule has 1 aliphatic heterocycles. The molecule has 1 fully saturated rings. The number of nitrogens with zero attached hydrogens (tertiary/aromatic N) is 1. The number of hydrogen-bond acceptors (Lipinski definition) is 4. The van der Waals surface area contributed by atoms with E-state index in [1.807, 2.05) is 0 Å². The SMILES string of the molecule is CCNC(=NCCCOCC1CCOCC1)NCCc1cccs1.I. The third-order valence-corrected chi connectivity index (χ3v) is 4.94. The number of nitrogens with one attached hydrogen (secondary N) is 2. The minimum atomic E-state index is 0. The highest BCUT2D eigenvalue weighted by molar-refractivity contribution is 14.0. The number of thiophene rings is 1. The van der Waals surface area contributed by atoms with Crippen molar-refractivity contribution in [2.75, 3.05) is 46.1 Å². The molecule has 1 aromatic rings. The van der Waals surface area contributed by atoms with Crippen LogP contribution in [-0.2, 0) is 15.9 Å². The number of hydrogen-bond donors (Lipinski definition) is 2. The number of guanidine groups is 1. The van der Waals surface area contributed by atoms with E-state index in [9.17, 15) is 0 Å². The van der Waals surface area contributed by atoms with E-state index in [2.05, 4.69) is 40.1 Å². The molecule has 2 rings (SSSR count). The summed E-state index contributed by atoms with van der Waals surface area (Å²) in [6.45, 7) is 8.11. The summed E-state index contributed by atoms with van der Waals surface area (Å²) in [6, 6.07) is 4.27. The first-order valence-electron chi connectivity index (χ1n) is 9.08. The van der Waals surface area contributed by atoms with Crippen LogP contribution < -0.4 is 10.6 Å². The van der Waals surface area contributed by atoms with Gasteiger partial charge in [0, 0.05) is 50.9 Å². The van der Waals surface area contributed by atoms with Gasteiger partial charge in [-0.05, 0) is 50.0 Å². The van der Waals surface area contributed by atoms with Crippen LogP contribution in [0.25, 0.3) is 0 Å². The molecular formula is C18H32IN3O2S. The van der Waals surface area contributed by atoms with Gasteiger partial charge in [0.2, 0.25) is 0 Å². The average molecular weight is 481 g/mol. The topological polar surface area (TPSA) is 54.9 Å². The molecule has 144 valence electrons. The van der Waals surface area contributed by atoms with Crippen molar-refractivity contribution in [2.45, 2.75) is 32.6 Å². The van der Waals surface area contributed by atoms with Crippen molar-refractivity contribution in [1.82, 2.24) is 10.6 Å². The normalized spacial score (nSPS) is 15.6. The lowest BCUT2D eigenvalue weighted by Crippen LogP contribution is -2.38. The molecule has 0 saturated carbocycles. The first-order chi connectivity index (χ1) is 11.9. The van der Waals surface area contributed by atoms with E-state index in [1.54, 1.807) is 11.3 Å². The molecule has 2 heterocycles. The smallest absolute Gasteiger partial charge is 0.191 e. The number of rotatable bonds is 10. The van der Waals surface area contributed by atoms with Crippen LogP contribution in [0.4, 0.5) is 0 Å².